The van der Waals surface area contributed by atoms with Gasteiger partial charge in [-0.25, -0.2) is 0 Å². The van der Waals surface area contributed by atoms with Crippen LogP contribution in [0.15, 0.2) is 18.2 Å². The van der Waals surface area contributed by atoms with Gasteiger partial charge in [-0.2, -0.15) is 8.42 Å². The fraction of sp³-hybridized carbons (Fsp3) is 0.455. The van der Waals surface area contributed by atoms with Crippen LogP contribution in [-0.4, -0.2) is 14.7 Å². The minimum atomic E-state index is -3.42. The summed E-state index contributed by atoms with van der Waals surface area (Å²) >= 11 is 0. The Morgan fingerprint density at radius 2 is 2.00 bits per heavy atom. The summed E-state index contributed by atoms with van der Waals surface area (Å²) in [4.78, 5) is 0. The zero-order valence-corrected chi connectivity index (χ0v) is 10.1. The van der Waals surface area contributed by atoms with Gasteiger partial charge in [0.2, 0.25) is 0 Å². The van der Waals surface area contributed by atoms with Crippen molar-refractivity contribution < 1.29 is 12.6 Å². The fourth-order valence-electron chi connectivity index (χ4n) is 1.41. The van der Waals surface area contributed by atoms with Crippen LogP contribution < -0.4 is 4.18 Å². The van der Waals surface area contributed by atoms with Crippen molar-refractivity contribution >= 4 is 10.1 Å². The van der Waals surface area contributed by atoms with E-state index in [2.05, 4.69) is 6.92 Å². The van der Waals surface area contributed by atoms with Gasteiger partial charge < -0.3 is 4.18 Å². The van der Waals surface area contributed by atoms with Crippen LogP contribution in [-0.2, 0) is 16.5 Å². The molecule has 1 rings (SSSR count). The van der Waals surface area contributed by atoms with E-state index in [1.807, 2.05) is 19.1 Å². The Hall–Kier alpha value is -1.03. The molecule has 0 saturated carbocycles. The molecule has 84 valence electrons. The molecular formula is C11H16O3S. The van der Waals surface area contributed by atoms with Crippen molar-refractivity contribution in [2.75, 3.05) is 6.26 Å². The largest absolute Gasteiger partial charge is 0.382 e. The first-order valence-electron chi connectivity index (χ1n) is 4.91. The van der Waals surface area contributed by atoms with Gasteiger partial charge in [-0.05, 0) is 30.5 Å². The Balaban J connectivity index is 2.93. The monoisotopic (exact) mass is 228 g/mol. The molecule has 0 spiro atoms. The zero-order chi connectivity index (χ0) is 11.5. The Morgan fingerprint density at radius 3 is 2.47 bits per heavy atom. The van der Waals surface area contributed by atoms with E-state index < -0.39 is 10.1 Å². The molecule has 0 saturated heterocycles. The first-order chi connectivity index (χ1) is 6.92. The molecule has 0 aliphatic heterocycles. The first-order valence-corrected chi connectivity index (χ1v) is 6.73. The highest BCUT2D eigenvalue weighted by atomic mass is 32.2. The highest BCUT2D eigenvalue weighted by molar-refractivity contribution is 7.86. The number of benzene rings is 1. The van der Waals surface area contributed by atoms with Crippen LogP contribution >= 0.6 is 0 Å². The molecule has 15 heavy (non-hydrogen) atoms. The second-order valence-corrected chi connectivity index (χ2v) is 5.21. The van der Waals surface area contributed by atoms with Gasteiger partial charge in [-0.3, -0.25) is 0 Å². The predicted molar refractivity (Wildman–Crippen MR) is 60.6 cm³/mol. The third kappa shape index (κ3) is 3.91. The molecule has 0 fully saturated rings. The lowest BCUT2D eigenvalue weighted by Gasteiger charge is -2.07. The van der Waals surface area contributed by atoms with Crippen LogP contribution in [0.25, 0.3) is 0 Å². The molecule has 0 atom stereocenters. The van der Waals surface area contributed by atoms with Gasteiger partial charge in [0.25, 0.3) is 0 Å². The second kappa shape index (κ2) is 4.66. The molecule has 4 heteroatoms. The van der Waals surface area contributed by atoms with Gasteiger partial charge in [0.05, 0.1) is 6.26 Å². The van der Waals surface area contributed by atoms with Crippen LogP contribution in [0.2, 0.25) is 0 Å². The number of aryl methyl sites for hydroxylation is 2. The van der Waals surface area contributed by atoms with E-state index in [0.29, 0.717) is 5.75 Å². The average molecular weight is 228 g/mol. The SMILES string of the molecule is CCCc1ccc(OS(C)(=O)=O)c(C)c1. The van der Waals surface area contributed by atoms with E-state index in [1.54, 1.807) is 6.07 Å². The zero-order valence-electron chi connectivity index (χ0n) is 9.28. The summed E-state index contributed by atoms with van der Waals surface area (Å²) in [7, 11) is -3.42. The molecule has 0 heterocycles. The molecule has 0 aliphatic carbocycles. The van der Waals surface area contributed by atoms with E-state index >= 15 is 0 Å². The van der Waals surface area contributed by atoms with Crippen molar-refractivity contribution in [1.29, 1.82) is 0 Å². The van der Waals surface area contributed by atoms with E-state index in [-0.39, 0.29) is 0 Å². The van der Waals surface area contributed by atoms with Crippen molar-refractivity contribution in [2.24, 2.45) is 0 Å². The second-order valence-electron chi connectivity index (χ2n) is 3.64. The average Bonchev–Trinajstić information content (AvgIpc) is 2.08. The van der Waals surface area contributed by atoms with E-state index in [9.17, 15) is 8.42 Å². The van der Waals surface area contributed by atoms with Crippen molar-refractivity contribution in [3.8, 4) is 5.75 Å². The lowest BCUT2D eigenvalue weighted by molar-refractivity contribution is 0.491. The standard InChI is InChI=1S/C11H16O3S/c1-4-5-10-6-7-11(9(2)8-10)14-15(3,12)13/h6-8H,4-5H2,1-3H3. The van der Waals surface area contributed by atoms with Gasteiger partial charge in [0.15, 0.2) is 0 Å². The van der Waals surface area contributed by atoms with Crippen LogP contribution in [0, 0.1) is 6.92 Å². The molecule has 0 radical (unpaired) electrons. The molecule has 3 nitrogen and oxygen atoms in total. The Labute approximate surface area is 91.2 Å². The summed E-state index contributed by atoms with van der Waals surface area (Å²) < 4.78 is 26.7. The molecule has 0 unspecified atom stereocenters. The summed E-state index contributed by atoms with van der Waals surface area (Å²) in [5.74, 6) is 0.414. The van der Waals surface area contributed by atoms with Gasteiger partial charge in [-0.15, -0.1) is 0 Å². The highest BCUT2D eigenvalue weighted by Crippen LogP contribution is 2.21. The summed E-state index contributed by atoms with van der Waals surface area (Å²) in [5.41, 5.74) is 2.06. The Bertz CT molecular complexity index is 435. The molecule has 1 aromatic carbocycles. The third-order valence-electron chi connectivity index (χ3n) is 2.02. The Kier molecular flexibility index (Phi) is 3.74. The van der Waals surface area contributed by atoms with Crippen LogP contribution in [0.1, 0.15) is 24.5 Å². The van der Waals surface area contributed by atoms with E-state index in [1.165, 1.54) is 5.56 Å². The highest BCUT2D eigenvalue weighted by Gasteiger charge is 2.07. The lowest BCUT2D eigenvalue weighted by atomic mass is 10.1. The first kappa shape index (κ1) is 12.0. The maximum Gasteiger partial charge on any atom is 0.306 e. The fourth-order valence-corrected chi connectivity index (χ4v) is 1.93. The smallest absolute Gasteiger partial charge is 0.306 e. The van der Waals surface area contributed by atoms with E-state index in [4.69, 9.17) is 4.18 Å². The summed E-state index contributed by atoms with van der Waals surface area (Å²) in [6, 6.07) is 5.57. The number of hydrogen-bond donors (Lipinski definition) is 0. The van der Waals surface area contributed by atoms with E-state index in [0.717, 1.165) is 24.7 Å². The molecular weight excluding hydrogens is 212 g/mol. The van der Waals surface area contributed by atoms with Gasteiger partial charge >= 0.3 is 10.1 Å². The normalized spacial score (nSPS) is 11.4. The summed E-state index contributed by atoms with van der Waals surface area (Å²) in [5, 5.41) is 0. The van der Waals surface area contributed by atoms with Crippen molar-refractivity contribution in [3.05, 3.63) is 29.3 Å². The molecule has 0 amide bonds. The van der Waals surface area contributed by atoms with Crippen LogP contribution in [0.5, 0.6) is 5.75 Å². The molecule has 0 aromatic heterocycles. The lowest BCUT2D eigenvalue weighted by Crippen LogP contribution is -2.06. The maximum atomic E-state index is 10.9. The molecule has 1 aromatic rings. The molecule has 0 bridgehead atoms. The van der Waals surface area contributed by atoms with Crippen molar-refractivity contribution in [3.63, 3.8) is 0 Å². The number of hydrogen-bond acceptors (Lipinski definition) is 3. The predicted octanol–water partition coefficient (Wildman–Crippen LogP) is 2.29. The maximum absolute atomic E-state index is 10.9. The topological polar surface area (TPSA) is 43.4 Å². The molecule has 0 aliphatic rings. The third-order valence-corrected chi connectivity index (χ3v) is 2.50. The van der Waals surface area contributed by atoms with Gasteiger partial charge in [-0.1, -0.05) is 25.5 Å². The van der Waals surface area contributed by atoms with Gasteiger partial charge in [0.1, 0.15) is 5.75 Å². The molecule has 0 N–H and O–H groups in total. The quantitative estimate of drug-likeness (QED) is 0.743. The summed E-state index contributed by atoms with van der Waals surface area (Å²) in [6.45, 7) is 3.95. The minimum absolute atomic E-state index is 0.414. The Morgan fingerprint density at radius 1 is 1.33 bits per heavy atom. The summed E-state index contributed by atoms with van der Waals surface area (Å²) in [6.07, 6.45) is 3.12. The minimum Gasteiger partial charge on any atom is -0.382 e. The van der Waals surface area contributed by atoms with Gasteiger partial charge in [0, 0.05) is 0 Å². The number of rotatable bonds is 4. The van der Waals surface area contributed by atoms with Crippen molar-refractivity contribution in [2.45, 2.75) is 26.7 Å². The van der Waals surface area contributed by atoms with Crippen LogP contribution in [0.4, 0.5) is 0 Å². The van der Waals surface area contributed by atoms with Crippen molar-refractivity contribution in [1.82, 2.24) is 0 Å². The van der Waals surface area contributed by atoms with Crippen LogP contribution in [0.3, 0.4) is 0 Å².